The van der Waals surface area contributed by atoms with Gasteiger partial charge in [0.1, 0.15) is 11.6 Å². The monoisotopic (exact) mass is 256 g/mol. The molecule has 0 heterocycles. The van der Waals surface area contributed by atoms with E-state index >= 15 is 0 Å². The predicted molar refractivity (Wildman–Crippen MR) is 68.8 cm³/mol. The third kappa shape index (κ3) is 4.15. The number of halogens is 1. The van der Waals surface area contributed by atoms with Crippen LogP contribution in [0.3, 0.4) is 0 Å². The van der Waals surface area contributed by atoms with E-state index in [4.69, 9.17) is 27.3 Å². The average molecular weight is 257 g/mol. The molecule has 0 aromatic heterocycles. The van der Waals surface area contributed by atoms with Crippen molar-refractivity contribution in [2.75, 3.05) is 6.61 Å². The molecule has 0 unspecified atom stereocenters. The summed E-state index contributed by atoms with van der Waals surface area (Å²) in [6.07, 6.45) is 0.658. The van der Waals surface area contributed by atoms with E-state index in [9.17, 15) is 0 Å². The van der Waals surface area contributed by atoms with Gasteiger partial charge in [-0.05, 0) is 30.7 Å². The van der Waals surface area contributed by atoms with Crippen LogP contribution in [0.15, 0.2) is 29.4 Å². The molecule has 0 aliphatic heterocycles. The number of nitrogens with zero attached hydrogens (tertiary/aromatic N) is 1. The van der Waals surface area contributed by atoms with E-state index in [0.29, 0.717) is 18.1 Å². The van der Waals surface area contributed by atoms with E-state index < -0.39 is 0 Å². The summed E-state index contributed by atoms with van der Waals surface area (Å²) in [4.78, 5) is 0. The van der Waals surface area contributed by atoms with E-state index in [1.165, 1.54) is 0 Å². The molecule has 1 aromatic carbocycles. The first-order valence-electron chi connectivity index (χ1n) is 5.32. The Labute approximate surface area is 106 Å². The minimum Gasteiger partial charge on any atom is -0.494 e. The number of hydrogen-bond acceptors (Lipinski definition) is 3. The molecule has 94 valence electrons. The van der Waals surface area contributed by atoms with E-state index in [1.54, 1.807) is 24.3 Å². The molecule has 5 heteroatoms. The van der Waals surface area contributed by atoms with E-state index in [2.05, 4.69) is 5.16 Å². The quantitative estimate of drug-likeness (QED) is 0.368. The summed E-state index contributed by atoms with van der Waals surface area (Å²) in [6, 6.07) is 7.15. The third-order valence-corrected chi connectivity index (χ3v) is 2.86. The maximum atomic E-state index is 8.62. The van der Waals surface area contributed by atoms with Gasteiger partial charge in [-0.1, -0.05) is 30.6 Å². The van der Waals surface area contributed by atoms with Gasteiger partial charge in [0, 0.05) is 10.4 Å². The number of rotatable bonds is 5. The Balaban J connectivity index is 2.45. The smallest absolute Gasteiger partial charge is 0.144 e. The van der Waals surface area contributed by atoms with Crippen LogP contribution in [-0.4, -0.2) is 17.6 Å². The van der Waals surface area contributed by atoms with Crippen LogP contribution in [0.25, 0.3) is 0 Å². The zero-order chi connectivity index (χ0) is 12.9. The van der Waals surface area contributed by atoms with Crippen molar-refractivity contribution in [3.8, 4) is 5.75 Å². The van der Waals surface area contributed by atoms with Gasteiger partial charge >= 0.3 is 0 Å². The molecule has 3 N–H and O–H groups in total. The van der Waals surface area contributed by atoms with Gasteiger partial charge < -0.3 is 15.7 Å². The van der Waals surface area contributed by atoms with Crippen molar-refractivity contribution in [1.82, 2.24) is 0 Å². The SMILES string of the molecule is CC(C)(CCOc1ccc(Cl)cc1)C(N)=NO. The molecule has 0 aliphatic carbocycles. The van der Waals surface area contributed by atoms with Crippen LogP contribution in [-0.2, 0) is 0 Å². The fourth-order valence-electron chi connectivity index (χ4n) is 1.22. The zero-order valence-corrected chi connectivity index (χ0v) is 10.7. The second-order valence-corrected chi connectivity index (χ2v) is 4.86. The number of nitrogens with two attached hydrogens (primary N) is 1. The van der Waals surface area contributed by atoms with E-state index in [0.717, 1.165) is 5.75 Å². The lowest BCUT2D eigenvalue weighted by Gasteiger charge is -2.22. The van der Waals surface area contributed by atoms with Gasteiger partial charge in [0.15, 0.2) is 0 Å². The Morgan fingerprint density at radius 1 is 1.41 bits per heavy atom. The van der Waals surface area contributed by atoms with Crippen molar-refractivity contribution >= 4 is 17.4 Å². The summed E-state index contributed by atoms with van der Waals surface area (Å²) in [7, 11) is 0. The molecular weight excluding hydrogens is 240 g/mol. The molecule has 0 atom stereocenters. The fraction of sp³-hybridized carbons (Fsp3) is 0.417. The second-order valence-electron chi connectivity index (χ2n) is 4.42. The number of oxime groups is 1. The molecule has 0 fully saturated rings. The molecular formula is C12H17ClN2O2. The van der Waals surface area contributed by atoms with E-state index in [-0.39, 0.29) is 11.3 Å². The van der Waals surface area contributed by atoms with E-state index in [1.807, 2.05) is 13.8 Å². The Morgan fingerprint density at radius 3 is 2.53 bits per heavy atom. The molecule has 0 spiro atoms. The second kappa shape index (κ2) is 5.77. The highest BCUT2D eigenvalue weighted by atomic mass is 35.5. The van der Waals surface area contributed by atoms with Crippen molar-refractivity contribution in [3.05, 3.63) is 29.3 Å². The summed E-state index contributed by atoms with van der Waals surface area (Å²) in [5, 5.41) is 12.3. The molecule has 0 saturated heterocycles. The Kier molecular flexibility index (Phi) is 4.63. The summed E-state index contributed by atoms with van der Waals surface area (Å²) in [6.45, 7) is 4.28. The number of amidine groups is 1. The topological polar surface area (TPSA) is 67.8 Å². The van der Waals surface area contributed by atoms with Gasteiger partial charge in [0.05, 0.1) is 6.61 Å². The van der Waals surface area contributed by atoms with Crippen LogP contribution >= 0.6 is 11.6 Å². The normalized spacial score (nSPS) is 12.5. The number of benzene rings is 1. The Bertz CT molecular complexity index is 388. The Hall–Kier alpha value is -1.42. The lowest BCUT2D eigenvalue weighted by Crippen LogP contribution is -2.33. The van der Waals surface area contributed by atoms with Crippen LogP contribution in [0.5, 0.6) is 5.75 Å². The predicted octanol–water partition coefficient (Wildman–Crippen LogP) is 2.88. The summed E-state index contributed by atoms with van der Waals surface area (Å²) in [5.41, 5.74) is 5.19. The number of hydrogen-bond donors (Lipinski definition) is 2. The van der Waals surface area contributed by atoms with Crippen LogP contribution in [0.2, 0.25) is 5.02 Å². The summed E-state index contributed by atoms with van der Waals surface area (Å²) < 4.78 is 5.54. The van der Waals surface area contributed by atoms with Crippen molar-refractivity contribution in [3.63, 3.8) is 0 Å². The van der Waals surface area contributed by atoms with Gasteiger partial charge in [-0.15, -0.1) is 0 Å². The highest BCUT2D eigenvalue weighted by molar-refractivity contribution is 6.30. The third-order valence-electron chi connectivity index (χ3n) is 2.61. The van der Waals surface area contributed by atoms with Crippen LogP contribution in [0.4, 0.5) is 0 Å². The molecule has 1 aromatic rings. The summed E-state index contributed by atoms with van der Waals surface area (Å²) in [5.74, 6) is 0.960. The maximum absolute atomic E-state index is 8.62. The first kappa shape index (κ1) is 13.6. The lowest BCUT2D eigenvalue weighted by molar-refractivity contribution is 0.259. The first-order chi connectivity index (χ1) is 7.95. The molecule has 0 radical (unpaired) electrons. The molecule has 0 saturated carbocycles. The Morgan fingerprint density at radius 2 is 2.00 bits per heavy atom. The standard InChI is InChI=1S/C12H17ClN2O2/c1-12(2,11(14)15-16)7-8-17-10-5-3-9(13)4-6-10/h3-6,16H,7-8H2,1-2H3,(H2,14,15). The zero-order valence-electron chi connectivity index (χ0n) is 9.98. The molecule has 0 amide bonds. The molecule has 1 rings (SSSR count). The fourth-order valence-corrected chi connectivity index (χ4v) is 1.34. The van der Waals surface area contributed by atoms with Gasteiger partial charge in [0.2, 0.25) is 0 Å². The van der Waals surface area contributed by atoms with Crippen molar-refractivity contribution < 1.29 is 9.94 Å². The molecule has 0 aliphatic rings. The highest BCUT2D eigenvalue weighted by Crippen LogP contribution is 2.22. The first-order valence-corrected chi connectivity index (χ1v) is 5.70. The van der Waals surface area contributed by atoms with Crippen molar-refractivity contribution in [2.24, 2.45) is 16.3 Å². The largest absolute Gasteiger partial charge is 0.494 e. The highest BCUT2D eigenvalue weighted by Gasteiger charge is 2.23. The van der Waals surface area contributed by atoms with Crippen molar-refractivity contribution in [1.29, 1.82) is 0 Å². The van der Waals surface area contributed by atoms with Gasteiger partial charge in [0.25, 0.3) is 0 Å². The maximum Gasteiger partial charge on any atom is 0.144 e. The lowest BCUT2D eigenvalue weighted by atomic mass is 9.88. The molecule has 17 heavy (non-hydrogen) atoms. The minimum atomic E-state index is -0.388. The van der Waals surface area contributed by atoms with Crippen LogP contribution in [0.1, 0.15) is 20.3 Å². The average Bonchev–Trinajstić information content (AvgIpc) is 2.30. The van der Waals surface area contributed by atoms with Crippen LogP contribution < -0.4 is 10.5 Å². The van der Waals surface area contributed by atoms with Gasteiger partial charge in [-0.3, -0.25) is 0 Å². The molecule has 0 bridgehead atoms. The summed E-state index contributed by atoms with van der Waals surface area (Å²) >= 11 is 5.76. The number of ether oxygens (including phenoxy) is 1. The van der Waals surface area contributed by atoms with Crippen LogP contribution in [0, 0.1) is 5.41 Å². The van der Waals surface area contributed by atoms with Crippen molar-refractivity contribution in [2.45, 2.75) is 20.3 Å². The van der Waals surface area contributed by atoms with Gasteiger partial charge in [-0.2, -0.15) is 0 Å². The minimum absolute atomic E-state index is 0.206. The van der Waals surface area contributed by atoms with Gasteiger partial charge in [-0.25, -0.2) is 0 Å². The molecule has 4 nitrogen and oxygen atoms in total.